The molecule has 0 amide bonds. The summed E-state index contributed by atoms with van der Waals surface area (Å²) in [6, 6.07) is -0.887. The number of aliphatic hydroxyl groups excluding tert-OH is 3. The van der Waals surface area contributed by atoms with E-state index in [4.69, 9.17) is 18.1 Å². The number of unbranched alkanes of at least 4 members (excludes halogenated alkanes) is 1. The molecule has 0 spiro atoms. The number of allylic oxidation sites excluding steroid dienone is 2. The van der Waals surface area contributed by atoms with Crippen LogP contribution in [0.15, 0.2) is 12.2 Å². The zero-order valence-corrected chi connectivity index (χ0v) is 12.3. The second-order valence-electron chi connectivity index (χ2n) is 5.84. The van der Waals surface area contributed by atoms with Crippen LogP contribution in [-0.4, -0.2) is 52.5 Å². The average Bonchev–Trinajstić information content (AvgIpc) is 2.65. The quantitative estimate of drug-likeness (QED) is 0.287. The summed E-state index contributed by atoms with van der Waals surface area (Å²) in [6.07, 6.45) is 6.25. The lowest BCUT2D eigenvalue weighted by Gasteiger charge is -2.23. The Hall–Kier alpha value is -0.845. The normalized spacial score (nSPS) is 30.8. The maximum atomic E-state index is 10.4. The van der Waals surface area contributed by atoms with E-state index in [0.29, 0.717) is 38.5 Å². The van der Waals surface area contributed by atoms with Gasteiger partial charge < -0.3 is 20.4 Å². The Bertz CT molecular complexity index is 345. The van der Waals surface area contributed by atoms with E-state index in [1.807, 2.05) is 12.2 Å². The smallest absolute Gasteiger partial charge is 0.303 e. The number of aliphatic hydroxyl groups is 3. The van der Waals surface area contributed by atoms with Crippen molar-refractivity contribution in [3.63, 3.8) is 0 Å². The highest BCUT2D eigenvalue weighted by atomic mass is 16.4. The van der Waals surface area contributed by atoms with Crippen LogP contribution in [0.25, 0.3) is 0 Å². The predicted octanol–water partition coefficient (Wildman–Crippen LogP) is 0.813. The summed E-state index contributed by atoms with van der Waals surface area (Å²) in [4.78, 5) is 10.4. The van der Waals surface area contributed by atoms with E-state index in [9.17, 15) is 15.0 Å². The van der Waals surface area contributed by atoms with Crippen LogP contribution in [0.3, 0.4) is 0 Å². The first-order valence-corrected chi connectivity index (χ1v) is 7.58. The fourth-order valence-electron chi connectivity index (χ4n) is 3.01. The second-order valence-corrected chi connectivity index (χ2v) is 5.84. The summed E-state index contributed by atoms with van der Waals surface area (Å²) in [5, 5.41) is 37.6. The van der Waals surface area contributed by atoms with Crippen LogP contribution in [0.1, 0.15) is 44.9 Å². The summed E-state index contributed by atoms with van der Waals surface area (Å²) in [5.41, 5.74) is 0. The lowest BCUT2D eigenvalue weighted by atomic mass is 9.83. The number of aliphatic carboxylic acids is 1. The van der Waals surface area contributed by atoms with Gasteiger partial charge in [-0.25, -0.2) is 0 Å². The minimum atomic E-state index is -0.887. The van der Waals surface area contributed by atoms with Crippen molar-refractivity contribution in [1.29, 1.82) is 0 Å². The molecule has 1 aliphatic rings. The highest BCUT2D eigenvalue weighted by Gasteiger charge is 2.40. The molecule has 1 rings (SSSR count). The maximum Gasteiger partial charge on any atom is 0.303 e. The van der Waals surface area contributed by atoms with Gasteiger partial charge in [0.25, 0.3) is 0 Å². The third-order valence-electron chi connectivity index (χ3n) is 4.15. The van der Waals surface area contributed by atoms with Gasteiger partial charge in [-0.05, 0) is 50.4 Å². The van der Waals surface area contributed by atoms with Gasteiger partial charge in [-0.3, -0.25) is 4.79 Å². The number of carboxylic acid groups (broad SMARTS) is 1. The molecule has 0 aromatic rings. The molecule has 0 heterocycles. The molecule has 118 valence electrons. The fourth-order valence-corrected chi connectivity index (χ4v) is 3.01. The molecule has 5 atom stereocenters. The van der Waals surface area contributed by atoms with E-state index in [-0.39, 0.29) is 18.3 Å². The number of carboxylic acids is 1. The Morgan fingerprint density at radius 3 is 2.52 bits per heavy atom. The molecule has 0 aromatic carbocycles. The van der Waals surface area contributed by atoms with Crippen molar-refractivity contribution in [2.75, 3.05) is 0 Å². The van der Waals surface area contributed by atoms with E-state index in [1.54, 1.807) is 0 Å². The van der Waals surface area contributed by atoms with Crippen LogP contribution >= 0.6 is 0 Å². The van der Waals surface area contributed by atoms with Crippen LogP contribution in [0, 0.1) is 11.8 Å². The minimum Gasteiger partial charge on any atom is -0.481 e. The summed E-state index contributed by atoms with van der Waals surface area (Å²) < 4.78 is 0. The van der Waals surface area contributed by atoms with Gasteiger partial charge in [0.05, 0.1) is 12.2 Å². The van der Waals surface area contributed by atoms with Crippen molar-refractivity contribution in [3.8, 4) is 0 Å². The summed E-state index contributed by atoms with van der Waals surface area (Å²) >= 11 is 0. The maximum absolute atomic E-state index is 10.4. The third kappa shape index (κ3) is 6.63. The fraction of sp³-hybridized carbons (Fsp3) is 0.800. The first kappa shape index (κ1) is 18.2. The van der Waals surface area contributed by atoms with Crippen LogP contribution in [-0.2, 0) is 4.79 Å². The standard InChI is InChI=1S/C15H25BO5/c16-14(19)8-7-11-10(12(17)9-13(11)18)5-3-1-2-4-6-15(20)21/h1,3,10-14,17-19H,2,4-9H2,(H,20,21)/b3-1-/t10-,11-,12?,13-,14?/m1/s1. The summed E-state index contributed by atoms with van der Waals surface area (Å²) in [6.45, 7) is 0. The molecule has 0 aromatic heterocycles. The van der Waals surface area contributed by atoms with E-state index < -0.39 is 24.2 Å². The van der Waals surface area contributed by atoms with Crippen LogP contribution in [0.4, 0.5) is 0 Å². The molecule has 1 saturated carbocycles. The first-order valence-electron chi connectivity index (χ1n) is 7.58. The zero-order chi connectivity index (χ0) is 15.8. The van der Waals surface area contributed by atoms with Gasteiger partial charge >= 0.3 is 5.97 Å². The molecule has 2 unspecified atom stereocenters. The van der Waals surface area contributed by atoms with Gasteiger partial charge in [0.1, 0.15) is 7.85 Å². The van der Waals surface area contributed by atoms with Crippen molar-refractivity contribution in [1.82, 2.24) is 0 Å². The molecule has 5 nitrogen and oxygen atoms in total. The van der Waals surface area contributed by atoms with E-state index in [1.165, 1.54) is 0 Å². The zero-order valence-electron chi connectivity index (χ0n) is 12.3. The Kier molecular flexibility index (Phi) is 8.00. The van der Waals surface area contributed by atoms with E-state index in [0.717, 1.165) is 0 Å². The first-order chi connectivity index (χ1) is 9.91. The molecule has 4 N–H and O–H groups in total. The molecule has 0 bridgehead atoms. The number of rotatable bonds is 9. The van der Waals surface area contributed by atoms with Gasteiger partial charge in [0.2, 0.25) is 0 Å². The lowest BCUT2D eigenvalue weighted by molar-refractivity contribution is -0.137. The topological polar surface area (TPSA) is 98.0 Å². The molecule has 2 radical (unpaired) electrons. The van der Waals surface area contributed by atoms with E-state index in [2.05, 4.69) is 0 Å². The van der Waals surface area contributed by atoms with Crippen LogP contribution in [0.2, 0.25) is 0 Å². The largest absolute Gasteiger partial charge is 0.481 e. The number of hydrogen-bond donors (Lipinski definition) is 4. The van der Waals surface area contributed by atoms with Crippen molar-refractivity contribution in [2.24, 2.45) is 11.8 Å². The number of carbonyl (C=O) groups is 1. The molecule has 6 heteroatoms. The summed E-state index contributed by atoms with van der Waals surface area (Å²) in [7, 11) is 5.32. The van der Waals surface area contributed by atoms with Gasteiger partial charge in [-0.1, -0.05) is 12.2 Å². The molecule has 21 heavy (non-hydrogen) atoms. The van der Waals surface area contributed by atoms with Gasteiger partial charge in [0.15, 0.2) is 0 Å². The van der Waals surface area contributed by atoms with Crippen molar-refractivity contribution < 1.29 is 25.2 Å². The highest BCUT2D eigenvalue weighted by Crippen LogP contribution is 2.38. The van der Waals surface area contributed by atoms with Crippen molar-refractivity contribution >= 4 is 13.8 Å². The predicted molar refractivity (Wildman–Crippen MR) is 79.8 cm³/mol. The van der Waals surface area contributed by atoms with Gasteiger partial charge in [-0.15, -0.1) is 0 Å². The Morgan fingerprint density at radius 1 is 1.24 bits per heavy atom. The van der Waals surface area contributed by atoms with Crippen molar-refractivity contribution in [2.45, 2.75) is 63.2 Å². The second kappa shape index (κ2) is 9.23. The Morgan fingerprint density at radius 2 is 1.90 bits per heavy atom. The van der Waals surface area contributed by atoms with E-state index >= 15 is 0 Å². The van der Waals surface area contributed by atoms with Crippen molar-refractivity contribution in [3.05, 3.63) is 12.2 Å². The molecule has 1 aliphatic carbocycles. The van der Waals surface area contributed by atoms with Crippen LogP contribution < -0.4 is 0 Å². The summed E-state index contributed by atoms with van der Waals surface area (Å²) in [5.74, 6) is -0.880. The SMILES string of the molecule is [B]C(O)CC[C@H]1[C@H](O)CC(O)[C@@H]1C/C=C\CCCC(=O)O. The molecular formula is C15H25BO5. The van der Waals surface area contributed by atoms with Gasteiger partial charge in [0, 0.05) is 12.4 Å². The highest BCUT2D eigenvalue weighted by molar-refractivity contribution is 6.10. The third-order valence-corrected chi connectivity index (χ3v) is 4.15. The lowest BCUT2D eigenvalue weighted by Crippen LogP contribution is -2.23. The number of hydrogen-bond acceptors (Lipinski definition) is 4. The molecule has 1 fully saturated rings. The average molecular weight is 296 g/mol. The Labute approximate surface area is 127 Å². The van der Waals surface area contributed by atoms with Crippen LogP contribution in [0.5, 0.6) is 0 Å². The monoisotopic (exact) mass is 296 g/mol. The molecule has 0 aliphatic heterocycles. The van der Waals surface area contributed by atoms with Gasteiger partial charge in [-0.2, -0.15) is 0 Å². The molecule has 0 saturated heterocycles. The minimum absolute atomic E-state index is 0.0329. The Balaban J connectivity index is 2.38. The molecular weight excluding hydrogens is 271 g/mol.